The van der Waals surface area contributed by atoms with Crippen LogP contribution in [0.4, 0.5) is 0 Å². The summed E-state index contributed by atoms with van der Waals surface area (Å²) in [6, 6.07) is -0.0412. The molecule has 2 amide bonds. The van der Waals surface area contributed by atoms with E-state index in [1.54, 1.807) is 0 Å². The summed E-state index contributed by atoms with van der Waals surface area (Å²) in [6.07, 6.45) is 1.19. The number of piperidine rings is 1. The van der Waals surface area contributed by atoms with Crippen LogP contribution in [0.25, 0.3) is 0 Å². The van der Waals surface area contributed by atoms with Crippen LogP contribution in [0.1, 0.15) is 41.0 Å². The van der Waals surface area contributed by atoms with Crippen molar-refractivity contribution in [1.82, 2.24) is 10.2 Å². The number of carbonyl (C=O) groups is 2. The van der Waals surface area contributed by atoms with Crippen LogP contribution >= 0.6 is 0 Å². The number of hydrogen-bond donors (Lipinski definition) is 2. The molecule has 1 saturated heterocycles. The number of rotatable bonds is 5. The first-order chi connectivity index (χ1) is 9.70. The molecule has 1 aliphatic heterocycles. The van der Waals surface area contributed by atoms with Crippen molar-refractivity contribution in [3.05, 3.63) is 0 Å². The topological polar surface area (TPSA) is 53.9 Å². The van der Waals surface area contributed by atoms with Gasteiger partial charge in [0.2, 0.25) is 0 Å². The van der Waals surface area contributed by atoms with E-state index in [1.807, 2.05) is 32.7 Å². The molecule has 0 aromatic rings. The Morgan fingerprint density at radius 1 is 1.19 bits per heavy atom. The van der Waals surface area contributed by atoms with Crippen LogP contribution in [0, 0.1) is 11.8 Å². The summed E-state index contributed by atoms with van der Waals surface area (Å²) in [7, 11) is 1.92. The van der Waals surface area contributed by atoms with E-state index in [-0.39, 0.29) is 23.9 Å². The molecule has 0 aliphatic carbocycles. The second-order valence-corrected chi connectivity index (χ2v) is 7.16. The maximum Gasteiger partial charge on any atom is 0.280 e. The molecule has 0 bridgehead atoms. The maximum atomic E-state index is 12.6. The molecule has 0 radical (unpaired) electrons. The Hall–Kier alpha value is -1.10. The number of nitrogens with one attached hydrogen (secondary N) is 2. The van der Waals surface area contributed by atoms with Gasteiger partial charge in [-0.1, -0.05) is 13.8 Å². The molecule has 5 heteroatoms. The average molecular weight is 298 g/mol. The zero-order valence-corrected chi connectivity index (χ0v) is 14.4. The Kier molecular flexibility index (Phi) is 6.65. The first kappa shape index (κ1) is 18.0. The Morgan fingerprint density at radius 2 is 1.71 bits per heavy atom. The minimum Gasteiger partial charge on any atom is -0.349 e. The number of amides is 2. The Bertz CT molecular complexity index is 361. The van der Waals surface area contributed by atoms with Crippen molar-refractivity contribution in [2.24, 2.45) is 11.8 Å². The SMILES string of the molecule is CC(C)NC(=O)C[NH+](C)[C@H](C)C(=O)N1C[C@H](C)C[C@H](C)C1. The van der Waals surface area contributed by atoms with Crippen LogP contribution < -0.4 is 10.2 Å². The van der Waals surface area contributed by atoms with Crippen LogP contribution in [0.5, 0.6) is 0 Å². The molecule has 5 nitrogen and oxygen atoms in total. The highest BCUT2D eigenvalue weighted by Gasteiger charge is 2.32. The smallest absolute Gasteiger partial charge is 0.280 e. The minimum absolute atomic E-state index is 0.00234. The Labute approximate surface area is 129 Å². The van der Waals surface area contributed by atoms with Gasteiger partial charge in [-0.2, -0.15) is 0 Å². The molecule has 122 valence electrons. The summed E-state index contributed by atoms with van der Waals surface area (Å²) in [4.78, 5) is 27.3. The molecule has 0 spiro atoms. The lowest BCUT2D eigenvalue weighted by atomic mass is 9.91. The van der Waals surface area contributed by atoms with Gasteiger partial charge < -0.3 is 15.1 Å². The molecular formula is C16H32N3O2+. The highest BCUT2D eigenvalue weighted by Crippen LogP contribution is 2.21. The molecule has 1 rings (SSSR count). The largest absolute Gasteiger partial charge is 0.349 e. The summed E-state index contributed by atoms with van der Waals surface area (Å²) in [5, 5.41) is 2.88. The lowest BCUT2D eigenvalue weighted by molar-refractivity contribution is -0.886. The van der Waals surface area contributed by atoms with Gasteiger partial charge >= 0.3 is 0 Å². The van der Waals surface area contributed by atoms with E-state index in [4.69, 9.17) is 0 Å². The van der Waals surface area contributed by atoms with E-state index in [0.29, 0.717) is 18.4 Å². The lowest BCUT2D eigenvalue weighted by Crippen LogP contribution is -3.15. The summed E-state index contributed by atoms with van der Waals surface area (Å²) in [5.41, 5.74) is 0. The molecule has 21 heavy (non-hydrogen) atoms. The summed E-state index contributed by atoms with van der Waals surface area (Å²) in [5.74, 6) is 1.30. The highest BCUT2D eigenvalue weighted by atomic mass is 16.2. The second kappa shape index (κ2) is 7.78. The van der Waals surface area contributed by atoms with E-state index >= 15 is 0 Å². The number of likely N-dealkylation sites (tertiary alicyclic amines) is 1. The third-order valence-electron chi connectivity index (χ3n) is 4.18. The van der Waals surface area contributed by atoms with Gasteiger partial charge in [0.25, 0.3) is 11.8 Å². The second-order valence-electron chi connectivity index (χ2n) is 7.16. The van der Waals surface area contributed by atoms with Gasteiger partial charge in [0.1, 0.15) is 0 Å². The van der Waals surface area contributed by atoms with Gasteiger partial charge in [-0.25, -0.2) is 0 Å². The molecule has 0 aromatic carbocycles. The molecule has 4 atom stereocenters. The van der Waals surface area contributed by atoms with Crippen molar-refractivity contribution in [3.8, 4) is 0 Å². The zero-order valence-electron chi connectivity index (χ0n) is 14.4. The zero-order chi connectivity index (χ0) is 16.2. The van der Waals surface area contributed by atoms with Crippen molar-refractivity contribution in [2.45, 2.75) is 53.1 Å². The molecule has 1 heterocycles. The van der Waals surface area contributed by atoms with Gasteiger partial charge in [0, 0.05) is 19.1 Å². The van der Waals surface area contributed by atoms with Crippen molar-refractivity contribution >= 4 is 11.8 Å². The van der Waals surface area contributed by atoms with Crippen molar-refractivity contribution in [1.29, 1.82) is 0 Å². The number of nitrogens with zero attached hydrogens (tertiary/aromatic N) is 1. The average Bonchev–Trinajstić information content (AvgIpc) is 2.34. The van der Waals surface area contributed by atoms with Gasteiger partial charge in [-0.05, 0) is 39.0 Å². The van der Waals surface area contributed by atoms with Crippen LogP contribution in [-0.2, 0) is 9.59 Å². The first-order valence-electron chi connectivity index (χ1n) is 8.11. The third kappa shape index (κ3) is 5.65. The van der Waals surface area contributed by atoms with Gasteiger partial charge in [0.15, 0.2) is 12.6 Å². The van der Waals surface area contributed by atoms with Gasteiger partial charge in [-0.3, -0.25) is 9.59 Å². The molecule has 0 aromatic heterocycles. The molecule has 2 N–H and O–H groups in total. The Morgan fingerprint density at radius 3 is 2.19 bits per heavy atom. The quantitative estimate of drug-likeness (QED) is 0.746. The highest BCUT2D eigenvalue weighted by molar-refractivity contribution is 5.81. The predicted molar refractivity (Wildman–Crippen MR) is 84.0 cm³/mol. The van der Waals surface area contributed by atoms with Crippen LogP contribution in [0.15, 0.2) is 0 Å². The van der Waals surface area contributed by atoms with Gasteiger partial charge in [-0.15, -0.1) is 0 Å². The number of quaternary nitrogens is 1. The fourth-order valence-corrected chi connectivity index (χ4v) is 3.11. The van der Waals surface area contributed by atoms with E-state index in [0.717, 1.165) is 18.0 Å². The lowest BCUT2D eigenvalue weighted by Gasteiger charge is -2.36. The van der Waals surface area contributed by atoms with Crippen molar-refractivity contribution in [3.63, 3.8) is 0 Å². The molecular weight excluding hydrogens is 266 g/mol. The fraction of sp³-hybridized carbons (Fsp3) is 0.875. The minimum atomic E-state index is -0.180. The summed E-state index contributed by atoms with van der Waals surface area (Å²) >= 11 is 0. The van der Waals surface area contributed by atoms with Crippen molar-refractivity contribution in [2.75, 3.05) is 26.7 Å². The third-order valence-corrected chi connectivity index (χ3v) is 4.18. The predicted octanol–water partition coefficient (Wildman–Crippen LogP) is -0.0813. The Balaban J connectivity index is 2.54. The fourth-order valence-electron chi connectivity index (χ4n) is 3.11. The van der Waals surface area contributed by atoms with Crippen molar-refractivity contribution < 1.29 is 14.5 Å². The van der Waals surface area contributed by atoms with Crippen LogP contribution in [0.3, 0.4) is 0 Å². The molecule has 1 fully saturated rings. The standard InChI is InChI=1S/C16H31N3O2/c1-11(2)17-15(20)10-18(6)14(5)16(21)19-8-12(3)7-13(4)9-19/h11-14H,7-10H2,1-6H3,(H,17,20)/p+1/t12-,13+,14-/m1/s1. The normalized spacial score (nSPS) is 25.6. The van der Waals surface area contributed by atoms with Crippen LogP contribution in [0.2, 0.25) is 0 Å². The molecule has 1 unspecified atom stereocenters. The van der Waals surface area contributed by atoms with E-state index in [2.05, 4.69) is 19.2 Å². The van der Waals surface area contributed by atoms with E-state index < -0.39 is 0 Å². The summed E-state index contributed by atoms with van der Waals surface area (Å²) in [6.45, 7) is 12.2. The van der Waals surface area contributed by atoms with Crippen LogP contribution in [-0.4, -0.2) is 55.5 Å². The molecule has 1 aliphatic rings. The number of hydrogen-bond acceptors (Lipinski definition) is 2. The van der Waals surface area contributed by atoms with Gasteiger partial charge in [0.05, 0.1) is 7.05 Å². The number of likely N-dealkylation sites (N-methyl/N-ethyl adjacent to an activating group) is 1. The summed E-state index contributed by atoms with van der Waals surface area (Å²) < 4.78 is 0. The maximum absolute atomic E-state index is 12.6. The van der Waals surface area contributed by atoms with E-state index in [1.165, 1.54) is 6.42 Å². The first-order valence-corrected chi connectivity index (χ1v) is 8.11. The number of carbonyl (C=O) groups excluding carboxylic acids is 2. The molecule has 0 saturated carbocycles. The van der Waals surface area contributed by atoms with E-state index in [9.17, 15) is 9.59 Å². The monoisotopic (exact) mass is 298 g/mol.